The second kappa shape index (κ2) is 4.42. The maximum atomic E-state index is 10.7. The van der Waals surface area contributed by atoms with Crippen molar-refractivity contribution < 1.29 is 9.53 Å². The molecule has 1 heterocycles. The quantitative estimate of drug-likeness (QED) is 0.704. The van der Waals surface area contributed by atoms with Crippen LogP contribution in [0.2, 0.25) is 0 Å². The topological polar surface area (TPSA) is 77.2 Å². The van der Waals surface area contributed by atoms with Crippen molar-refractivity contribution in [1.82, 2.24) is 4.98 Å². The van der Waals surface area contributed by atoms with Crippen molar-refractivity contribution in [3.63, 3.8) is 0 Å². The fourth-order valence-electron chi connectivity index (χ4n) is 0.788. The molecule has 0 fully saturated rings. The van der Waals surface area contributed by atoms with E-state index < -0.39 is 6.09 Å². The zero-order valence-electron chi connectivity index (χ0n) is 7.28. The van der Waals surface area contributed by atoms with E-state index >= 15 is 0 Å². The number of anilines is 1. The number of rotatable bonds is 2. The molecule has 0 aliphatic carbocycles. The van der Waals surface area contributed by atoms with Crippen LogP contribution in [0.5, 0.6) is 0 Å². The van der Waals surface area contributed by atoms with E-state index in [1.165, 1.54) is 13.3 Å². The van der Waals surface area contributed by atoms with Crippen molar-refractivity contribution in [2.45, 2.75) is 6.54 Å². The zero-order chi connectivity index (χ0) is 9.68. The highest BCUT2D eigenvalue weighted by molar-refractivity contribution is 5.84. The minimum Gasteiger partial charge on any atom is -0.453 e. The molecule has 0 saturated heterocycles. The SMILES string of the molecule is COC(=O)Nc1ccc(CN)nc1. The molecule has 0 bridgehead atoms. The molecule has 13 heavy (non-hydrogen) atoms. The Labute approximate surface area is 75.9 Å². The Hall–Kier alpha value is -1.62. The molecule has 0 aliphatic heterocycles. The number of hydrogen-bond acceptors (Lipinski definition) is 4. The normalized spacial score (nSPS) is 9.38. The van der Waals surface area contributed by atoms with E-state index in [9.17, 15) is 4.79 Å². The van der Waals surface area contributed by atoms with Gasteiger partial charge in [0.25, 0.3) is 0 Å². The molecule has 0 spiro atoms. The van der Waals surface area contributed by atoms with Gasteiger partial charge in [0.2, 0.25) is 0 Å². The molecule has 0 unspecified atom stereocenters. The molecular formula is C8H11N3O2. The van der Waals surface area contributed by atoms with E-state index in [2.05, 4.69) is 15.0 Å². The van der Waals surface area contributed by atoms with Crippen molar-refractivity contribution in [2.75, 3.05) is 12.4 Å². The number of carbonyl (C=O) groups excluding carboxylic acids is 1. The third-order valence-corrected chi connectivity index (χ3v) is 1.47. The van der Waals surface area contributed by atoms with E-state index in [1.54, 1.807) is 12.1 Å². The van der Waals surface area contributed by atoms with Crippen LogP contribution in [-0.2, 0) is 11.3 Å². The summed E-state index contributed by atoms with van der Waals surface area (Å²) in [6.45, 7) is 0.387. The van der Waals surface area contributed by atoms with Gasteiger partial charge >= 0.3 is 6.09 Å². The summed E-state index contributed by atoms with van der Waals surface area (Å²) in [4.78, 5) is 14.7. The predicted octanol–water partition coefficient (Wildman–Crippen LogP) is 0.719. The standard InChI is InChI=1S/C8H11N3O2/c1-13-8(12)11-7-3-2-6(4-9)10-5-7/h2-3,5H,4,9H2,1H3,(H,11,12). The highest BCUT2D eigenvalue weighted by atomic mass is 16.5. The summed E-state index contributed by atoms with van der Waals surface area (Å²) in [7, 11) is 1.30. The number of methoxy groups -OCH3 is 1. The molecule has 5 heteroatoms. The van der Waals surface area contributed by atoms with Crippen molar-refractivity contribution in [1.29, 1.82) is 0 Å². The molecular weight excluding hydrogens is 170 g/mol. The second-order valence-electron chi connectivity index (χ2n) is 2.36. The Kier molecular flexibility index (Phi) is 3.22. The van der Waals surface area contributed by atoms with E-state index in [4.69, 9.17) is 5.73 Å². The third kappa shape index (κ3) is 2.72. The molecule has 0 atom stereocenters. The number of carbonyl (C=O) groups is 1. The third-order valence-electron chi connectivity index (χ3n) is 1.47. The van der Waals surface area contributed by atoms with Gasteiger partial charge in [-0.3, -0.25) is 10.3 Å². The van der Waals surface area contributed by atoms with Gasteiger partial charge in [-0.05, 0) is 12.1 Å². The Morgan fingerprint density at radius 1 is 1.69 bits per heavy atom. The van der Waals surface area contributed by atoms with Gasteiger partial charge in [0.05, 0.1) is 24.7 Å². The Morgan fingerprint density at radius 3 is 2.92 bits per heavy atom. The lowest BCUT2D eigenvalue weighted by Gasteiger charge is -2.02. The summed E-state index contributed by atoms with van der Waals surface area (Å²) in [5, 5.41) is 2.48. The van der Waals surface area contributed by atoms with Crippen LogP contribution in [0.3, 0.4) is 0 Å². The average Bonchev–Trinajstić information content (AvgIpc) is 2.19. The number of hydrogen-bond donors (Lipinski definition) is 2. The molecule has 0 aliphatic rings. The predicted molar refractivity (Wildman–Crippen MR) is 48.2 cm³/mol. The first-order chi connectivity index (χ1) is 6.26. The summed E-state index contributed by atoms with van der Waals surface area (Å²) in [6.07, 6.45) is 1.02. The number of nitrogens with two attached hydrogens (primary N) is 1. The van der Waals surface area contributed by atoms with Gasteiger partial charge in [0, 0.05) is 6.54 Å². The zero-order valence-corrected chi connectivity index (χ0v) is 7.28. The average molecular weight is 181 g/mol. The first-order valence-electron chi connectivity index (χ1n) is 3.76. The van der Waals surface area contributed by atoms with Gasteiger partial charge in [-0.15, -0.1) is 0 Å². The second-order valence-corrected chi connectivity index (χ2v) is 2.36. The van der Waals surface area contributed by atoms with Crippen LogP contribution in [0.15, 0.2) is 18.3 Å². The summed E-state index contributed by atoms with van der Waals surface area (Å²) in [6, 6.07) is 3.46. The Morgan fingerprint density at radius 2 is 2.46 bits per heavy atom. The van der Waals surface area contributed by atoms with Crippen LogP contribution < -0.4 is 11.1 Å². The van der Waals surface area contributed by atoms with E-state index in [0.29, 0.717) is 12.2 Å². The molecule has 1 aromatic rings. The molecule has 0 aromatic carbocycles. The smallest absolute Gasteiger partial charge is 0.411 e. The van der Waals surface area contributed by atoms with Crippen LogP contribution >= 0.6 is 0 Å². The largest absolute Gasteiger partial charge is 0.453 e. The number of nitrogens with zero attached hydrogens (tertiary/aromatic N) is 1. The van der Waals surface area contributed by atoms with Crippen molar-refractivity contribution in [2.24, 2.45) is 5.73 Å². The lowest BCUT2D eigenvalue weighted by Crippen LogP contribution is -2.11. The maximum absolute atomic E-state index is 10.7. The first kappa shape index (κ1) is 9.47. The van der Waals surface area contributed by atoms with E-state index in [1.807, 2.05) is 0 Å². The Bertz CT molecular complexity index is 284. The number of amides is 1. The number of pyridine rings is 1. The van der Waals surface area contributed by atoms with Crippen LogP contribution in [0.25, 0.3) is 0 Å². The fourth-order valence-corrected chi connectivity index (χ4v) is 0.788. The number of ether oxygens (including phenoxy) is 1. The lowest BCUT2D eigenvalue weighted by molar-refractivity contribution is 0.187. The molecule has 1 rings (SSSR count). The molecule has 5 nitrogen and oxygen atoms in total. The van der Waals surface area contributed by atoms with Crippen molar-refractivity contribution in [3.8, 4) is 0 Å². The minimum absolute atomic E-state index is 0.387. The molecule has 0 radical (unpaired) electrons. The maximum Gasteiger partial charge on any atom is 0.411 e. The lowest BCUT2D eigenvalue weighted by atomic mass is 10.3. The van der Waals surface area contributed by atoms with Gasteiger partial charge in [-0.1, -0.05) is 0 Å². The highest BCUT2D eigenvalue weighted by Gasteiger charge is 1.99. The van der Waals surface area contributed by atoms with Gasteiger partial charge in [0.1, 0.15) is 0 Å². The van der Waals surface area contributed by atoms with Crippen LogP contribution in [0, 0.1) is 0 Å². The molecule has 70 valence electrons. The van der Waals surface area contributed by atoms with Crippen molar-refractivity contribution >= 4 is 11.8 Å². The van der Waals surface area contributed by atoms with Crippen molar-refractivity contribution in [3.05, 3.63) is 24.0 Å². The molecule has 3 N–H and O–H groups in total. The molecule has 0 saturated carbocycles. The molecule has 1 amide bonds. The summed E-state index contributed by atoms with van der Waals surface area (Å²) in [5.74, 6) is 0. The van der Waals surface area contributed by atoms with Gasteiger partial charge in [-0.2, -0.15) is 0 Å². The monoisotopic (exact) mass is 181 g/mol. The summed E-state index contributed by atoms with van der Waals surface area (Å²) >= 11 is 0. The fraction of sp³-hybridized carbons (Fsp3) is 0.250. The van der Waals surface area contributed by atoms with E-state index in [0.717, 1.165) is 5.69 Å². The summed E-state index contributed by atoms with van der Waals surface area (Å²) in [5.41, 5.74) is 6.71. The van der Waals surface area contributed by atoms with Crippen LogP contribution in [-0.4, -0.2) is 18.2 Å². The highest BCUT2D eigenvalue weighted by Crippen LogP contribution is 2.05. The van der Waals surface area contributed by atoms with Gasteiger partial charge < -0.3 is 10.5 Å². The number of aromatic nitrogens is 1. The van der Waals surface area contributed by atoms with E-state index in [-0.39, 0.29) is 0 Å². The van der Waals surface area contributed by atoms with Gasteiger partial charge in [0.15, 0.2) is 0 Å². The van der Waals surface area contributed by atoms with Crippen LogP contribution in [0.4, 0.5) is 10.5 Å². The Balaban J connectivity index is 2.64. The molecule has 1 aromatic heterocycles. The van der Waals surface area contributed by atoms with Gasteiger partial charge in [-0.25, -0.2) is 4.79 Å². The summed E-state index contributed by atoms with van der Waals surface area (Å²) < 4.78 is 4.41. The number of nitrogens with one attached hydrogen (secondary N) is 1. The van der Waals surface area contributed by atoms with Crippen LogP contribution in [0.1, 0.15) is 5.69 Å². The first-order valence-corrected chi connectivity index (χ1v) is 3.76. The minimum atomic E-state index is -0.512.